The van der Waals surface area contributed by atoms with E-state index in [1.165, 1.54) is 0 Å². The van der Waals surface area contributed by atoms with Gasteiger partial charge in [0.15, 0.2) is 5.43 Å². The highest BCUT2D eigenvalue weighted by molar-refractivity contribution is 5.99. The van der Waals surface area contributed by atoms with Crippen LogP contribution < -0.4 is 10.2 Å². The normalized spacial score (nSPS) is 15.5. The smallest absolute Gasteiger partial charge is 0.290 e. The molecule has 6 nitrogen and oxygen atoms in total. The summed E-state index contributed by atoms with van der Waals surface area (Å²) in [6, 6.07) is 12.1. The summed E-state index contributed by atoms with van der Waals surface area (Å²) >= 11 is 0. The van der Waals surface area contributed by atoms with Gasteiger partial charge < -0.3 is 19.2 Å². The largest absolute Gasteiger partial charge is 0.490 e. The van der Waals surface area contributed by atoms with Gasteiger partial charge in [0, 0.05) is 13.2 Å². The Labute approximate surface area is 174 Å². The molecule has 2 heterocycles. The topological polar surface area (TPSA) is 80.0 Å². The van der Waals surface area contributed by atoms with Crippen molar-refractivity contribution in [3.05, 3.63) is 87.8 Å². The third-order valence-corrected chi connectivity index (χ3v) is 5.22. The van der Waals surface area contributed by atoms with Crippen molar-refractivity contribution in [1.82, 2.24) is 4.90 Å². The molecule has 0 spiro atoms. The maximum atomic E-state index is 13.4. The van der Waals surface area contributed by atoms with Crippen molar-refractivity contribution < 1.29 is 19.1 Å². The summed E-state index contributed by atoms with van der Waals surface area (Å²) in [4.78, 5) is 28.2. The predicted molar refractivity (Wildman–Crippen MR) is 114 cm³/mol. The average molecular weight is 405 g/mol. The minimum absolute atomic E-state index is 0.0577. The molecule has 0 bridgehead atoms. The van der Waals surface area contributed by atoms with Gasteiger partial charge in [-0.05, 0) is 43.2 Å². The van der Waals surface area contributed by atoms with Crippen molar-refractivity contribution in [1.29, 1.82) is 0 Å². The van der Waals surface area contributed by atoms with Crippen LogP contribution in [-0.2, 0) is 0 Å². The van der Waals surface area contributed by atoms with Gasteiger partial charge in [0.2, 0.25) is 5.76 Å². The number of hydrogen-bond acceptors (Lipinski definition) is 5. The number of aliphatic hydroxyl groups is 1. The molecule has 4 rings (SSSR count). The van der Waals surface area contributed by atoms with Crippen molar-refractivity contribution in [3.63, 3.8) is 0 Å². The first kappa shape index (κ1) is 19.9. The van der Waals surface area contributed by atoms with Gasteiger partial charge >= 0.3 is 0 Å². The zero-order valence-corrected chi connectivity index (χ0v) is 16.8. The van der Waals surface area contributed by atoms with Crippen LogP contribution in [0.2, 0.25) is 0 Å². The van der Waals surface area contributed by atoms with Gasteiger partial charge in [0.05, 0.1) is 17.0 Å². The fraction of sp³-hybridized carbons (Fsp3) is 0.250. The molecule has 30 heavy (non-hydrogen) atoms. The Morgan fingerprint density at radius 1 is 1.23 bits per heavy atom. The second-order valence-corrected chi connectivity index (χ2v) is 7.32. The lowest BCUT2D eigenvalue weighted by Gasteiger charge is -2.25. The molecule has 0 saturated carbocycles. The molecule has 0 saturated heterocycles. The zero-order valence-electron chi connectivity index (χ0n) is 16.8. The Bertz CT molecular complexity index is 1180. The fourth-order valence-electron chi connectivity index (χ4n) is 3.88. The predicted octanol–water partition coefficient (Wildman–Crippen LogP) is 3.59. The third-order valence-electron chi connectivity index (χ3n) is 5.22. The van der Waals surface area contributed by atoms with Gasteiger partial charge in [0.25, 0.3) is 5.91 Å². The lowest BCUT2D eigenvalue weighted by Crippen LogP contribution is -2.31. The summed E-state index contributed by atoms with van der Waals surface area (Å²) in [5, 5.41) is 9.77. The molecule has 6 heteroatoms. The Morgan fingerprint density at radius 2 is 2.07 bits per heavy atom. The van der Waals surface area contributed by atoms with E-state index < -0.39 is 6.04 Å². The first-order valence-corrected chi connectivity index (χ1v) is 9.88. The molecular formula is C24H23NO5. The van der Waals surface area contributed by atoms with Crippen LogP contribution in [0, 0.1) is 6.92 Å². The minimum atomic E-state index is -0.604. The van der Waals surface area contributed by atoms with E-state index in [4.69, 9.17) is 9.15 Å². The van der Waals surface area contributed by atoms with Crippen molar-refractivity contribution in [2.45, 2.75) is 19.4 Å². The lowest BCUT2D eigenvalue weighted by molar-refractivity contribution is 0.0716. The Morgan fingerprint density at radius 3 is 2.83 bits per heavy atom. The molecule has 154 valence electrons. The maximum absolute atomic E-state index is 13.4. The first-order chi connectivity index (χ1) is 14.5. The summed E-state index contributed by atoms with van der Waals surface area (Å²) in [7, 11) is 0. The quantitative estimate of drug-likeness (QED) is 0.608. The third kappa shape index (κ3) is 3.39. The number of amides is 1. The van der Waals surface area contributed by atoms with Crippen molar-refractivity contribution in [3.8, 4) is 5.75 Å². The minimum Gasteiger partial charge on any atom is -0.490 e. The molecule has 0 fully saturated rings. The average Bonchev–Trinajstić information content (AvgIpc) is 3.03. The van der Waals surface area contributed by atoms with Crippen molar-refractivity contribution >= 4 is 16.9 Å². The van der Waals surface area contributed by atoms with E-state index in [9.17, 15) is 14.7 Å². The van der Waals surface area contributed by atoms with Crippen LogP contribution in [-0.4, -0.2) is 35.7 Å². The number of hydrogen-bond donors (Lipinski definition) is 1. The van der Waals surface area contributed by atoms with E-state index in [0.29, 0.717) is 41.9 Å². The number of aliphatic hydroxyl groups excluding tert-OH is 1. The molecule has 2 aromatic carbocycles. The molecule has 3 aromatic rings. The molecule has 1 aliphatic heterocycles. The molecule has 0 aliphatic carbocycles. The van der Waals surface area contributed by atoms with Gasteiger partial charge in [0.1, 0.15) is 17.9 Å². The molecular weight excluding hydrogens is 382 g/mol. The molecule has 0 radical (unpaired) electrons. The molecule has 1 N–H and O–H groups in total. The van der Waals surface area contributed by atoms with E-state index >= 15 is 0 Å². The van der Waals surface area contributed by atoms with Gasteiger partial charge in [-0.2, -0.15) is 0 Å². The number of nitrogens with zero attached hydrogens (tertiary/aromatic N) is 1. The second kappa shape index (κ2) is 8.16. The monoisotopic (exact) mass is 405 g/mol. The molecule has 1 aliphatic rings. The summed E-state index contributed by atoms with van der Waals surface area (Å²) in [5.41, 5.74) is 2.20. The Hall–Kier alpha value is -3.38. The fourth-order valence-corrected chi connectivity index (χ4v) is 3.88. The summed E-state index contributed by atoms with van der Waals surface area (Å²) in [6.45, 7) is 6.15. The highest BCUT2D eigenvalue weighted by Gasteiger charge is 2.42. The highest BCUT2D eigenvalue weighted by Crippen LogP contribution is 2.39. The number of carbonyl (C=O) groups is 1. The number of ether oxygens (including phenoxy) is 1. The summed E-state index contributed by atoms with van der Waals surface area (Å²) in [6.07, 6.45) is 2.05. The van der Waals surface area contributed by atoms with E-state index in [2.05, 4.69) is 6.58 Å². The van der Waals surface area contributed by atoms with E-state index in [1.807, 2.05) is 37.3 Å². The van der Waals surface area contributed by atoms with Crippen LogP contribution >= 0.6 is 0 Å². The summed E-state index contributed by atoms with van der Waals surface area (Å²) < 4.78 is 11.6. The van der Waals surface area contributed by atoms with E-state index in [-0.39, 0.29) is 23.7 Å². The number of benzene rings is 2. The lowest BCUT2D eigenvalue weighted by atomic mass is 9.98. The van der Waals surface area contributed by atoms with Crippen LogP contribution in [0.25, 0.3) is 11.0 Å². The number of fused-ring (bicyclic) bond motifs is 2. The van der Waals surface area contributed by atoms with Crippen LogP contribution in [0.15, 0.2) is 64.3 Å². The van der Waals surface area contributed by atoms with Gasteiger partial charge in [-0.3, -0.25) is 9.59 Å². The zero-order chi connectivity index (χ0) is 21.3. The highest BCUT2D eigenvalue weighted by atomic mass is 16.5. The standard InChI is InChI=1S/C24H23NO5/c1-3-12-29-17-7-4-6-16(14-17)21-20-22(27)18-13-15(2)8-9-19(18)30-23(20)24(28)25(21)10-5-11-26/h3-4,6-9,13-14,21,26H,1,5,10-12H2,2H3/t21-/m1/s1. The van der Waals surface area contributed by atoms with Gasteiger partial charge in [-0.1, -0.05) is 36.4 Å². The van der Waals surface area contributed by atoms with Crippen LogP contribution in [0.3, 0.4) is 0 Å². The number of rotatable bonds is 7. The van der Waals surface area contributed by atoms with Crippen LogP contribution in [0.1, 0.15) is 39.7 Å². The van der Waals surface area contributed by atoms with Crippen molar-refractivity contribution in [2.75, 3.05) is 19.8 Å². The summed E-state index contributed by atoms with van der Waals surface area (Å²) in [5.74, 6) is 0.341. The SMILES string of the molecule is C=CCOc1cccc([C@@H]2c3c(oc4ccc(C)cc4c3=O)C(=O)N2CCCO)c1. The van der Waals surface area contributed by atoms with Crippen LogP contribution in [0.5, 0.6) is 5.75 Å². The van der Waals surface area contributed by atoms with E-state index in [0.717, 1.165) is 11.1 Å². The second-order valence-electron chi connectivity index (χ2n) is 7.32. The van der Waals surface area contributed by atoms with E-state index in [1.54, 1.807) is 23.1 Å². The maximum Gasteiger partial charge on any atom is 0.290 e. The van der Waals surface area contributed by atoms with Gasteiger partial charge in [-0.15, -0.1) is 0 Å². The number of carbonyl (C=O) groups excluding carboxylic acids is 1. The van der Waals surface area contributed by atoms with Crippen molar-refractivity contribution in [2.24, 2.45) is 0 Å². The molecule has 1 aromatic heterocycles. The Balaban J connectivity index is 1.91. The Kier molecular flexibility index (Phi) is 5.42. The van der Waals surface area contributed by atoms with Gasteiger partial charge in [-0.25, -0.2) is 0 Å². The molecule has 0 unspecified atom stereocenters. The first-order valence-electron chi connectivity index (χ1n) is 9.88. The number of aryl methyl sites for hydroxylation is 1. The molecule has 1 atom stereocenters. The molecule has 1 amide bonds. The van der Waals surface area contributed by atoms with Crippen LogP contribution in [0.4, 0.5) is 0 Å².